The van der Waals surface area contributed by atoms with Crippen molar-refractivity contribution in [3.05, 3.63) is 31.0 Å². The lowest BCUT2D eigenvalue weighted by atomic mass is 9.39. The fourth-order valence-corrected chi connectivity index (χ4v) is 5.84. The molecular formula is C23H32B4N6O2. The summed E-state index contributed by atoms with van der Waals surface area (Å²) in [6.07, 6.45) is 9.88. The monoisotopic (exact) mass is 468 g/mol. The van der Waals surface area contributed by atoms with Crippen molar-refractivity contribution in [2.75, 3.05) is 0 Å². The van der Waals surface area contributed by atoms with E-state index in [2.05, 4.69) is 47.4 Å². The first kappa shape index (κ1) is 25.2. The molecule has 178 valence electrons. The first-order valence-electron chi connectivity index (χ1n) is 12.2. The van der Waals surface area contributed by atoms with Crippen LogP contribution in [0.2, 0.25) is 10.4 Å². The van der Waals surface area contributed by atoms with Gasteiger partial charge in [-0.1, -0.05) is 23.3 Å². The van der Waals surface area contributed by atoms with E-state index in [9.17, 15) is 10.1 Å². The number of nitrogens with zero attached hydrogens (tertiary/aromatic N) is 6. The minimum absolute atomic E-state index is 0.0139. The summed E-state index contributed by atoms with van der Waals surface area (Å²) in [5, 5.41) is 15.5. The van der Waals surface area contributed by atoms with Gasteiger partial charge in [-0.15, -0.1) is 0 Å². The molecule has 1 fully saturated rings. The van der Waals surface area contributed by atoms with Crippen molar-refractivity contribution in [2.45, 2.75) is 63.2 Å². The van der Waals surface area contributed by atoms with E-state index in [-0.39, 0.29) is 29.2 Å². The topological polar surface area (TPSA) is 98.6 Å². The van der Waals surface area contributed by atoms with E-state index in [1.165, 1.54) is 6.33 Å². The quantitative estimate of drug-likeness (QED) is 0.386. The van der Waals surface area contributed by atoms with E-state index in [1.807, 2.05) is 50.1 Å². The number of ether oxygens (including phenoxy) is 1. The maximum absolute atomic E-state index is 12.2. The summed E-state index contributed by atoms with van der Waals surface area (Å²) in [5.41, 5.74) is 1.76. The van der Waals surface area contributed by atoms with Crippen molar-refractivity contribution in [1.29, 1.82) is 5.26 Å². The predicted molar refractivity (Wildman–Crippen MR) is 146 cm³/mol. The molecule has 3 aromatic heterocycles. The number of hydrogen-bond acceptors (Lipinski definition) is 6. The van der Waals surface area contributed by atoms with Crippen molar-refractivity contribution in [1.82, 2.24) is 24.3 Å². The fraction of sp³-hybridized carbons (Fsp3) is 0.522. The van der Waals surface area contributed by atoms with Crippen LogP contribution in [0, 0.1) is 22.7 Å². The van der Waals surface area contributed by atoms with Crippen LogP contribution in [0.3, 0.4) is 0 Å². The molecule has 4 rings (SSSR count). The highest BCUT2D eigenvalue weighted by Gasteiger charge is 2.50. The third kappa shape index (κ3) is 4.78. The van der Waals surface area contributed by atoms with Crippen LogP contribution in [0.1, 0.15) is 46.1 Å². The maximum atomic E-state index is 12.2. The molecule has 0 spiro atoms. The van der Waals surface area contributed by atoms with Crippen molar-refractivity contribution in [2.24, 2.45) is 11.3 Å². The molecule has 35 heavy (non-hydrogen) atoms. The summed E-state index contributed by atoms with van der Waals surface area (Å²) in [7, 11) is 9.24. The Morgan fingerprint density at radius 3 is 2.57 bits per heavy atom. The number of nitriles is 1. The molecule has 0 radical (unpaired) electrons. The molecule has 0 N–H and O–H groups in total. The smallest absolute Gasteiger partial charge is 0.312 e. The van der Waals surface area contributed by atoms with Crippen LogP contribution in [0.25, 0.3) is 22.3 Å². The van der Waals surface area contributed by atoms with Gasteiger partial charge in [-0.3, -0.25) is 14.0 Å². The van der Waals surface area contributed by atoms with Gasteiger partial charge in [0.25, 0.3) is 0 Å². The Balaban J connectivity index is 1.66. The van der Waals surface area contributed by atoms with Crippen molar-refractivity contribution < 1.29 is 9.53 Å². The van der Waals surface area contributed by atoms with Crippen LogP contribution < -0.4 is 0 Å². The highest BCUT2D eigenvalue weighted by molar-refractivity contribution is 6.45. The molecular weight excluding hydrogens is 436 g/mol. The maximum Gasteiger partial charge on any atom is 0.312 e. The summed E-state index contributed by atoms with van der Waals surface area (Å²) in [6.45, 7) is 5.57. The molecule has 0 aromatic carbocycles. The van der Waals surface area contributed by atoms with E-state index >= 15 is 0 Å². The Hall–Kier alpha value is -2.95. The van der Waals surface area contributed by atoms with Gasteiger partial charge in [-0.25, -0.2) is 9.97 Å². The lowest BCUT2D eigenvalue weighted by Gasteiger charge is -2.41. The van der Waals surface area contributed by atoms with Crippen LogP contribution in [-0.2, 0) is 16.3 Å². The number of aromatic nitrogens is 5. The largest absolute Gasteiger partial charge is 0.443 e. The first-order valence-corrected chi connectivity index (χ1v) is 12.2. The average molecular weight is 468 g/mol. The number of esters is 1. The normalized spacial score (nSPS) is 18.3. The van der Waals surface area contributed by atoms with Crippen LogP contribution in [0.15, 0.2) is 31.0 Å². The fourth-order valence-electron chi connectivity index (χ4n) is 5.84. The molecule has 1 atom stereocenters. The van der Waals surface area contributed by atoms with E-state index in [4.69, 9.17) is 9.84 Å². The van der Waals surface area contributed by atoms with Gasteiger partial charge in [-0.05, 0) is 32.8 Å². The minimum Gasteiger partial charge on any atom is -0.443 e. The van der Waals surface area contributed by atoms with Gasteiger partial charge in [-0.2, -0.15) is 10.4 Å². The van der Waals surface area contributed by atoms with E-state index in [0.29, 0.717) is 18.0 Å². The molecule has 1 aliphatic rings. The van der Waals surface area contributed by atoms with E-state index in [1.54, 1.807) is 4.57 Å². The molecule has 3 heterocycles. The number of carbonyl (C=O) groups is 1. The second-order valence-electron chi connectivity index (χ2n) is 12.1. The Bertz CT molecular complexity index is 1270. The Kier molecular flexibility index (Phi) is 6.41. The summed E-state index contributed by atoms with van der Waals surface area (Å²) in [4.78, 5) is 21.2. The molecule has 3 aromatic rings. The average Bonchev–Trinajstić information content (AvgIpc) is 3.47. The number of rotatable bonds is 6. The van der Waals surface area contributed by atoms with Crippen molar-refractivity contribution in [3.8, 4) is 17.3 Å². The molecule has 0 unspecified atom stereocenters. The molecule has 0 amide bonds. The van der Waals surface area contributed by atoms with Gasteiger partial charge in [0.15, 0.2) is 6.73 Å². The SMILES string of the molecule is BC1(B)CCC(B)(B)C1[C@@H](CC#N)n1cc(-c2ncnc3c2ccn3COC(=O)C(C)(C)C)cn1. The molecule has 1 saturated carbocycles. The van der Waals surface area contributed by atoms with Gasteiger partial charge in [0.1, 0.15) is 12.0 Å². The van der Waals surface area contributed by atoms with E-state index in [0.717, 1.165) is 29.5 Å². The zero-order chi connectivity index (χ0) is 25.6. The molecule has 8 nitrogen and oxygen atoms in total. The van der Waals surface area contributed by atoms with Gasteiger partial charge in [0.05, 0.1) is 67.2 Å². The van der Waals surface area contributed by atoms with Crippen LogP contribution in [0.4, 0.5) is 0 Å². The number of hydrogen-bond donors (Lipinski definition) is 0. The zero-order valence-electron chi connectivity index (χ0n) is 21.9. The third-order valence-electron chi connectivity index (χ3n) is 7.50. The zero-order valence-corrected chi connectivity index (χ0v) is 21.9. The number of fused-ring (bicyclic) bond motifs is 1. The van der Waals surface area contributed by atoms with Crippen molar-refractivity contribution in [3.63, 3.8) is 0 Å². The second-order valence-corrected chi connectivity index (χ2v) is 12.1. The lowest BCUT2D eigenvalue weighted by molar-refractivity contribution is -0.156. The predicted octanol–water partition coefficient (Wildman–Crippen LogP) is 0.471. The minimum atomic E-state index is -0.569. The standard InChI is InChI=1S/C23H32B4N6O2/c1-21(2,3)20(34)35-13-32-9-5-15-17(29-12-30-19(15)32)14-10-31-33(11-14)16(4-8-28)18-22(24,25)6-7-23(18,26)27/h5,9-12,16,18H,4,6-7,13,24-27H2,1-3H3/t16-/m1/s1. The van der Waals surface area contributed by atoms with E-state index < -0.39 is 5.41 Å². The van der Waals surface area contributed by atoms with Gasteiger partial charge < -0.3 is 4.74 Å². The molecule has 12 heteroatoms. The Morgan fingerprint density at radius 1 is 1.26 bits per heavy atom. The van der Waals surface area contributed by atoms with Crippen LogP contribution in [-0.4, -0.2) is 61.7 Å². The summed E-state index contributed by atoms with van der Waals surface area (Å²) in [5.74, 6) is 0.0580. The molecule has 1 aliphatic carbocycles. The third-order valence-corrected chi connectivity index (χ3v) is 7.50. The van der Waals surface area contributed by atoms with Crippen LogP contribution >= 0.6 is 0 Å². The van der Waals surface area contributed by atoms with Crippen LogP contribution in [0.5, 0.6) is 0 Å². The first-order chi connectivity index (χ1) is 16.3. The molecule has 0 aliphatic heterocycles. The summed E-state index contributed by atoms with van der Waals surface area (Å²) >= 11 is 0. The Morgan fingerprint density at radius 2 is 1.94 bits per heavy atom. The Labute approximate surface area is 210 Å². The molecule has 0 saturated heterocycles. The highest BCUT2D eigenvalue weighted by atomic mass is 16.5. The second kappa shape index (κ2) is 8.92. The molecule has 0 bridgehead atoms. The summed E-state index contributed by atoms with van der Waals surface area (Å²) in [6, 6.07) is 4.32. The lowest BCUT2D eigenvalue weighted by Crippen LogP contribution is -2.36. The van der Waals surface area contributed by atoms with Crippen molar-refractivity contribution >= 4 is 48.4 Å². The summed E-state index contributed by atoms with van der Waals surface area (Å²) < 4.78 is 9.25. The highest BCUT2D eigenvalue weighted by Crippen LogP contribution is 2.61. The van der Waals surface area contributed by atoms with Gasteiger partial charge in [0.2, 0.25) is 0 Å². The number of carbonyl (C=O) groups excluding carboxylic acids is 1. The van der Waals surface area contributed by atoms with Gasteiger partial charge >= 0.3 is 5.97 Å². The van der Waals surface area contributed by atoms with Gasteiger partial charge in [0, 0.05) is 23.3 Å².